The van der Waals surface area contributed by atoms with Gasteiger partial charge < -0.3 is 4.74 Å². The molecule has 1 unspecified atom stereocenters. The van der Waals surface area contributed by atoms with Gasteiger partial charge >= 0.3 is 5.97 Å². The molecule has 0 aliphatic heterocycles. The molecule has 0 aliphatic rings. The molecule has 0 saturated heterocycles. The van der Waals surface area contributed by atoms with Crippen molar-refractivity contribution < 1.29 is 17.9 Å². The number of benzene rings is 1. The van der Waals surface area contributed by atoms with Crippen molar-refractivity contribution in [3.8, 4) is 0 Å². The van der Waals surface area contributed by atoms with Crippen LogP contribution in [-0.2, 0) is 26.6 Å². The first-order valence-corrected chi connectivity index (χ1v) is 8.64. The molecule has 0 aliphatic carbocycles. The van der Waals surface area contributed by atoms with Crippen LogP contribution in [0.2, 0.25) is 0 Å². The normalized spacial score (nSPS) is 13.4. The second-order valence-electron chi connectivity index (χ2n) is 5.20. The van der Waals surface area contributed by atoms with Crippen molar-refractivity contribution in [3.05, 3.63) is 18.2 Å². The first-order valence-electron chi connectivity index (χ1n) is 7.20. The van der Waals surface area contributed by atoms with E-state index in [4.69, 9.17) is 0 Å². The van der Waals surface area contributed by atoms with E-state index in [-0.39, 0.29) is 23.0 Å². The third kappa shape index (κ3) is 3.35. The molecule has 23 heavy (non-hydrogen) atoms. The lowest BCUT2D eigenvalue weighted by Gasteiger charge is -2.26. The highest BCUT2D eigenvalue weighted by atomic mass is 32.2. The Bertz CT molecular complexity index is 815. The van der Waals surface area contributed by atoms with Crippen LogP contribution < -0.4 is 0 Å². The molecule has 0 amide bonds. The fraction of sp³-hybridized carbons (Fsp3) is 0.500. The molecular weight excluding hydrogens is 320 g/mol. The highest BCUT2D eigenvalue weighted by molar-refractivity contribution is 7.89. The van der Waals surface area contributed by atoms with Gasteiger partial charge in [0, 0.05) is 13.1 Å². The number of fused-ring (bicyclic) bond motifs is 1. The average Bonchev–Trinajstić information content (AvgIpc) is 2.90. The number of ether oxygens (including phenoxy) is 1. The number of nitrogens with zero attached hydrogens (tertiary/aromatic N) is 4. The third-order valence-corrected chi connectivity index (χ3v) is 5.65. The summed E-state index contributed by atoms with van der Waals surface area (Å²) in [5.74, 6) is -0.611. The number of hydrogen-bond acceptors (Lipinski definition) is 6. The Morgan fingerprint density at radius 3 is 2.70 bits per heavy atom. The van der Waals surface area contributed by atoms with Crippen LogP contribution in [0.25, 0.3) is 11.0 Å². The van der Waals surface area contributed by atoms with E-state index in [1.54, 1.807) is 26.1 Å². The van der Waals surface area contributed by atoms with Crippen molar-refractivity contribution >= 4 is 27.0 Å². The van der Waals surface area contributed by atoms with Crippen molar-refractivity contribution in [2.24, 2.45) is 7.05 Å². The summed E-state index contributed by atoms with van der Waals surface area (Å²) in [6, 6.07) is 4.41. The molecule has 0 radical (unpaired) electrons. The summed E-state index contributed by atoms with van der Waals surface area (Å²) >= 11 is 0. The van der Waals surface area contributed by atoms with Crippen LogP contribution in [0.4, 0.5) is 0 Å². The molecule has 2 aromatic rings. The van der Waals surface area contributed by atoms with Crippen molar-refractivity contribution in [3.63, 3.8) is 0 Å². The molecule has 9 heteroatoms. The topological polar surface area (TPSA) is 94.4 Å². The molecule has 1 aromatic heterocycles. The quantitative estimate of drug-likeness (QED) is 0.726. The first-order chi connectivity index (χ1) is 10.8. The van der Waals surface area contributed by atoms with Crippen molar-refractivity contribution in [1.29, 1.82) is 0 Å². The summed E-state index contributed by atoms with van der Waals surface area (Å²) in [6.07, 6.45) is 0.562. The zero-order valence-electron chi connectivity index (χ0n) is 13.6. The molecule has 0 N–H and O–H groups in total. The summed E-state index contributed by atoms with van der Waals surface area (Å²) < 4.78 is 31.9. The van der Waals surface area contributed by atoms with Gasteiger partial charge in [-0.15, -0.1) is 0 Å². The van der Waals surface area contributed by atoms with Crippen LogP contribution in [0, 0.1) is 0 Å². The van der Waals surface area contributed by atoms with Crippen molar-refractivity contribution in [2.75, 3.05) is 13.7 Å². The lowest BCUT2D eigenvalue weighted by atomic mass is 10.2. The summed E-state index contributed by atoms with van der Waals surface area (Å²) in [6.45, 7) is 3.26. The van der Waals surface area contributed by atoms with Gasteiger partial charge in [0.25, 0.3) is 0 Å². The number of rotatable bonds is 6. The van der Waals surface area contributed by atoms with Crippen LogP contribution in [0.1, 0.15) is 20.3 Å². The predicted octanol–water partition coefficient (Wildman–Crippen LogP) is 0.930. The number of aromatic nitrogens is 3. The van der Waals surface area contributed by atoms with Gasteiger partial charge in [-0.2, -0.15) is 19.3 Å². The monoisotopic (exact) mass is 340 g/mol. The van der Waals surface area contributed by atoms with Crippen LogP contribution >= 0.6 is 0 Å². The van der Waals surface area contributed by atoms with Gasteiger partial charge in [0.05, 0.1) is 7.11 Å². The fourth-order valence-electron chi connectivity index (χ4n) is 2.22. The van der Waals surface area contributed by atoms with E-state index in [1.807, 2.05) is 6.92 Å². The SMILES string of the molecule is CCC(C)N(CC(=O)OC)S(=O)(=O)c1cccc2nn(C)nc12. The second-order valence-corrected chi connectivity index (χ2v) is 7.06. The largest absolute Gasteiger partial charge is 0.468 e. The Kier molecular flexibility index (Phi) is 5.00. The molecule has 1 atom stereocenters. The average molecular weight is 340 g/mol. The van der Waals surface area contributed by atoms with Gasteiger partial charge in [-0.1, -0.05) is 13.0 Å². The number of hydrogen-bond donors (Lipinski definition) is 0. The Labute approximate surface area is 135 Å². The number of methoxy groups -OCH3 is 1. The molecule has 2 rings (SSSR count). The van der Waals surface area contributed by atoms with Gasteiger partial charge in [0.1, 0.15) is 22.5 Å². The van der Waals surface area contributed by atoms with Gasteiger partial charge in [0.2, 0.25) is 10.0 Å². The van der Waals surface area contributed by atoms with Crippen LogP contribution in [0.15, 0.2) is 23.1 Å². The van der Waals surface area contributed by atoms with Gasteiger partial charge in [-0.05, 0) is 25.5 Å². The van der Waals surface area contributed by atoms with E-state index in [2.05, 4.69) is 14.9 Å². The standard InChI is InChI=1S/C14H20N4O4S/c1-5-10(2)18(9-13(19)22-4)23(20,21)12-8-6-7-11-14(12)16-17(3)15-11/h6-8,10H,5,9H2,1-4H3. The molecule has 0 saturated carbocycles. The number of aryl methyl sites for hydroxylation is 1. The minimum absolute atomic E-state index is 0.0345. The molecule has 8 nitrogen and oxygen atoms in total. The lowest BCUT2D eigenvalue weighted by Crippen LogP contribution is -2.42. The molecule has 1 aromatic carbocycles. The second kappa shape index (κ2) is 6.63. The van der Waals surface area contributed by atoms with Gasteiger partial charge in [-0.25, -0.2) is 8.42 Å². The summed E-state index contributed by atoms with van der Waals surface area (Å²) in [4.78, 5) is 13.0. The summed E-state index contributed by atoms with van der Waals surface area (Å²) in [7, 11) is -1.06. The van der Waals surface area contributed by atoms with Crippen molar-refractivity contribution in [1.82, 2.24) is 19.3 Å². The highest BCUT2D eigenvalue weighted by Gasteiger charge is 2.32. The van der Waals surface area contributed by atoms with E-state index in [0.29, 0.717) is 11.9 Å². The van der Waals surface area contributed by atoms with E-state index >= 15 is 0 Å². The molecule has 0 spiro atoms. The van der Waals surface area contributed by atoms with E-state index in [9.17, 15) is 13.2 Å². The maximum atomic E-state index is 13.0. The number of sulfonamides is 1. The van der Waals surface area contributed by atoms with Gasteiger partial charge in [0.15, 0.2) is 0 Å². The number of esters is 1. The van der Waals surface area contributed by atoms with E-state index in [1.165, 1.54) is 18.0 Å². The third-order valence-electron chi connectivity index (χ3n) is 3.66. The Morgan fingerprint density at radius 2 is 2.09 bits per heavy atom. The zero-order valence-corrected chi connectivity index (χ0v) is 14.4. The molecular formula is C14H20N4O4S. The zero-order chi connectivity index (χ0) is 17.2. The molecule has 126 valence electrons. The summed E-state index contributed by atoms with van der Waals surface area (Å²) in [5, 5.41) is 8.25. The maximum absolute atomic E-state index is 13.0. The fourth-order valence-corrected chi connectivity index (χ4v) is 4.01. The predicted molar refractivity (Wildman–Crippen MR) is 84.2 cm³/mol. The van der Waals surface area contributed by atoms with E-state index < -0.39 is 16.0 Å². The highest BCUT2D eigenvalue weighted by Crippen LogP contribution is 2.25. The van der Waals surface area contributed by atoms with Crippen LogP contribution in [-0.4, -0.2) is 53.4 Å². The minimum atomic E-state index is -3.91. The molecule has 0 fully saturated rings. The Morgan fingerprint density at radius 1 is 1.39 bits per heavy atom. The minimum Gasteiger partial charge on any atom is -0.468 e. The van der Waals surface area contributed by atoms with Crippen LogP contribution in [0.3, 0.4) is 0 Å². The first kappa shape index (κ1) is 17.4. The van der Waals surface area contributed by atoms with Gasteiger partial charge in [-0.3, -0.25) is 4.79 Å². The number of carbonyl (C=O) groups is 1. The summed E-state index contributed by atoms with van der Waals surface area (Å²) in [5.41, 5.74) is 0.768. The Hall–Kier alpha value is -2.00. The number of carbonyl (C=O) groups excluding carboxylic acids is 1. The molecule has 0 bridgehead atoms. The Balaban J connectivity index is 2.57. The van der Waals surface area contributed by atoms with Crippen LogP contribution in [0.5, 0.6) is 0 Å². The van der Waals surface area contributed by atoms with E-state index in [0.717, 1.165) is 4.31 Å². The van der Waals surface area contributed by atoms with Crippen molar-refractivity contribution in [2.45, 2.75) is 31.2 Å². The lowest BCUT2D eigenvalue weighted by molar-refractivity contribution is -0.141. The maximum Gasteiger partial charge on any atom is 0.321 e. The smallest absolute Gasteiger partial charge is 0.321 e. The molecule has 1 heterocycles.